The van der Waals surface area contributed by atoms with Gasteiger partial charge in [0.15, 0.2) is 5.03 Å². The quantitative estimate of drug-likeness (QED) is 0.763. The summed E-state index contributed by atoms with van der Waals surface area (Å²) in [6.07, 6.45) is 7.83. The number of aromatic nitrogens is 4. The highest BCUT2D eigenvalue weighted by atomic mass is 32.2. The predicted molar refractivity (Wildman–Crippen MR) is 84.7 cm³/mol. The zero-order valence-corrected chi connectivity index (χ0v) is 13.2. The Labute approximate surface area is 134 Å². The van der Waals surface area contributed by atoms with E-state index in [2.05, 4.69) is 19.7 Å². The molecule has 0 saturated heterocycles. The minimum absolute atomic E-state index is 0.0104. The van der Waals surface area contributed by atoms with Gasteiger partial charge in [0.05, 0.1) is 18.2 Å². The number of nitrogens with zero attached hydrogens (tertiary/aromatic N) is 4. The maximum Gasteiger partial charge on any atom is 0.259 e. The van der Waals surface area contributed by atoms with E-state index in [1.165, 1.54) is 12.5 Å². The van der Waals surface area contributed by atoms with Gasteiger partial charge in [-0.1, -0.05) is 24.3 Å². The van der Waals surface area contributed by atoms with Crippen molar-refractivity contribution in [2.45, 2.75) is 11.6 Å². The molecular weight excluding hydrogens is 314 g/mol. The van der Waals surface area contributed by atoms with E-state index < -0.39 is 10.0 Å². The fourth-order valence-electron chi connectivity index (χ4n) is 2.02. The van der Waals surface area contributed by atoms with Crippen LogP contribution in [0, 0.1) is 0 Å². The SMILES string of the molecule is Cn1cnc(S(=O)(=O)NCc2ccc(-c3cnccn3)cc2)c1. The van der Waals surface area contributed by atoms with Crippen LogP contribution in [0.4, 0.5) is 0 Å². The Kier molecular flexibility index (Phi) is 4.18. The summed E-state index contributed by atoms with van der Waals surface area (Å²) in [4.78, 5) is 12.1. The summed E-state index contributed by atoms with van der Waals surface area (Å²) in [6.45, 7) is 0.194. The minimum Gasteiger partial charge on any atom is -0.339 e. The van der Waals surface area contributed by atoms with Gasteiger partial charge < -0.3 is 4.57 Å². The zero-order chi connectivity index (χ0) is 16.3. The van der Waals surface area contributed by atoms with Crippen LogP contribution in [0.15, 0.2) is 60.4 Å². The molecule has 1 aromatic carbocycles. The van der Waals surface area contributed by atoms with Crippen molar-refractivity contribution >= 4 is 10.0 Å². The van der Waals surface area contributed by atoms with E-state index in [1.54, 1.807) is 30.2 Å². The largest absolute Gasteiger partial charge is 0.339 e. The number of imidazole rings is 1. The van der Waals surface area contributed by atoms with Gasteiger partial charge in [0.2, 0.25) is 0 Å². The molecule has 7 nitrogen and oxygen atoms in total. The maximum absolute atomic E-state index is 12.1. The number of sulfonamides is 1. The molecule has 0 aliphatic rings. The van der Waals surface area contributed by atoms with Gasteiger partial charge in [-0.25, -0.2) is 18.1 Å². The van der Waals surface area contributed by atoms with Crippen molar-refractivity contribution in [3.63, 3.8) is 0 Å². The van der Waals surface area contributed by atoms with E-state index in [9.17, 15) is 8.42 Å². The first-order valence-electron chi connectivity index (χ1n) is 6.87. The molecule has 2 aromatic heterocycles. The summed E-state index contributed by atoms with van der Waals surface area (Å²) < 4.78 is 28.3. The van der Waals surface area contributed by atoms with Gasteiger partial charge in [-0.15, -0.1) is 0 Å². The highest BCUT2D eigenvalue weighted by Gasteiger charge is 2.16. The lowest BCUT2D eigenvalue weighted by Crippen LogP contribution is -2.23. The number of aryl methyl sites for hydroxylation is 1. The monoisotopic (exact) mass is 329 g/mol. The Bertz CT molecular complexity index is 889. The van der Waals surface area contributed by atoms with Crippen molar-refractivity contribution in [3.05, 3.63) is 60.9 Å². The van der Waals surface area contributed by atoms with Gasteiger partial charge in [-0.05, 0) is 5.56 Å². The molecule has 118 valence electrons. The number of rotatable bonds is 5. The first-order valence-corrected chi connectivity index (χ1v) is 8.36. The Balaban J connectivity index is 1.69. The van der Waals surface area contributed by atoms with Crippen molar-refractivity contribution in [1.29, 1.82) is 0 Å². The fourth-order valence-corrected chi connectivity index (χ4v) is 3.02. The van der Waals surface area contributed by atoms with Gasteiger partial charge in [-0.2, -0.15) is 0 Å². The van der Waals surface area contributed by atoms with Gasteiger partial charge in [-0.3, -0.25) is 9.97 Å². The summed E-state index contributed by atoms with van der Waals surface area (Å²) in [7, 11) is -1.88. The van der Waals surface area contributed by atoms with Crippen molar-refractivity contribution in [3.8, 4) is 11.3 Å². The molecule has 0 aliphatic heterocycles. The molecule has 2 heterocycles. The number of benzene rings is 1. The van der Waals surface area contributed by atoms with Gasteiger partial charge in [0.1, 0.15) is 0 Å². The molecule has 0 bridgehead atoms. The lowest BCUT2D eigenvalue weighted by atomic mass is 10.1. The van der Waals surface area contributed by atoms with Crippen molar-refractivity contribution in [2.24, 2.45) is 7.05 Å². The lowest BCUT2D eigenvalue weighted by molar-refractivity contribution is 0.578. The molecule has 0 radical (unpaired) electrons. The van der Waals surface area contributed by atoms with Crippen LogP contribution >= 0.6 is 0 Å². The average Bonchev–Trinajstić information content (AvgIpc) is 3.02. The van der Waals surface area contributed by atoms with Crippen LogP contribution in [-0.2, 0) is 23.6 Å². The molecular formula is C15H15N5O2S. The van der Waals surface area contributed by atoms with E-state index in [0.717, 1.165) is 16.8 Å². The Morgan fingerprint density at radius 1 is 1.13 bits per heavy atom. The molecule has 3 rings (SSSR count). The van der Waals surface area contributed by atoms with Crippen LogP contribution < -0.4 is 4.72 Å². The average molecular weight is 329 g/mol. The predicted octanol–water partition coefficient (Wildman–Crippen LogP) is 1.36. The lowest BCUT2D eigenvalue weighted by Gasteiger charge is -2.06. The van der Waals surface area contributed by atoms with E-state index in [0.29, 0.717) is 0 Å². The van der Waals surface area contributed by atoms with Gasteiger partial charge in [0, 0.05) is 37.7 Å². The van der Waals surface area contributed by atoms with E-state index in [1.807, 2.05) is 24.3 Å². The van der Waals surface area contributed by atoms with Crippen molar-refractivity contribution in [2.75, 3.05) is 0 Å². The van der Waals surface area contributed by atoms with Crippen molar-refractivity contribution < 1.29 is 8.42 Å². The molecule has 0 aliphatic carbocycles. The Hall–Kier alpha value is -2.58. The minimum atomic E-state index is -3.60. The first-order chi connectivity index (χ1) is 11.0. The molecule has 0 saturated carbocycles. The summed E-state index contributed by atoms with van der Waals surface area (Å²) in [5.74, 6) is 0. The van der Waals surface area contributed by atoms with E-state index in [4.69, 9.17) is 0 Å². The molecule has 0 spiro atoms. The second kappa shape index (κ2) is 6.27. The topological polar surface area (TPSA) is 89.8 Å². The van der Waals surface area contributed by atoms with Gasteiger partial charge in [0.25, 0.3) is 10.0 Å². The summed E-state index contributed by atoms with van der Waals surface area (Å²) >= 11 is 0. The van der Waals surface area contributed by atoms with Crippen LogP contribution in [-0.4, -0.2) is 27.9 Å². The molecule has 0 amide bonds. The molecule has 0 atom stereocenters. The molecule has 1 N–H and O–H groups in total. The molecule has 3 aromatic rings. The van der Waals surface area contributed by atoms with Crippen LogP contribution in [0.5, 0.6) is 0 Å². The summed E-state index contributed by atoms with van der Waals surface area (Å²) in [6, 6.07) is 7.47. The van der Waals surface area contributed by atoms with Crippen LogP contribution in [0.1, 0.15) is 5.56 Å². The third-order valence-electron chi connectivity index (χ3n) is 3.24. The molecule has 0 fully saturated rings. The zero-order valence-electron chi connectivity index (χ0n) is 12.4. The maximum atomic E-state index is 12.1. The van der Waals surface area contributed by atoms with E-state index in [-0.39, 0.29) is 11.6 Å². The number of nitrogens with one attached hydrogen (secondary N) is 1. The highest BCUT2D eigenvalue weighted by Crippen LogP contribution is 2.16. The normalized spacial score (nSPS) is 11.5. The second-order valence-corrected chi connectivity index (χ2v) is 6.70. The number of hydrogen-bond acceptors (Lipinski definition) is 5. The first kappa shape index (κ1) is 15.3. The van der Waals surface area contributed by atoms with Crippen LogP contribution in [0.25, 0.3) is 11.3 Å². The molecule has 8 heteroatoms. The summed E-state index contributed by atoms with van der Waals surface area (Å²) in [5.41, 5.74) is 2.54. The Morgan fingerprint density at radius 2 is 1.91 bits per heavy atom. The third kappa shape index (κ3) is 3.61. The fraction of sp³-hybridized carbons (Fsp3) is 0.133. The summed E-state index contributed by atoms with van der Waals surface area (Å²) in [5, 5.41) is 0.0104. The standard InChI is InChI=1S/C15H15N5O2S/c1-20-10-15(18-11-20)23(21,22)19-8-12-2-4-13(5-3-12)14-9-16-6-7-17-14/h2-7,9-11,19H,8H2,1H3. The van der Waals surface area contributed by atoms with Crippen LogP contribution in [0.3, 0.4) is 0 Å². The second-order valence-electron chi connectivity index (χ2n) is 4.99. The molecule has 0 unspecified atom stereocenters. The number of hydrogen-bond donors (Lipinski definition) is 1. The third-order valence-corrected chi connectivity index (χ3v) is 4.52. The smallest absolute Gasteiger partial charge is 0.259 e. The van der Waals surface area contributed by atoms with E-state index >= 15 is 0 Å². The van der Waals surface area contributed by atoms with Crippen LogP contribution in [0.2, 0.25) is 0 Å². The highest BCUT2D eigenvalue weighted by molar-refractivity contribution is 7.89. The molecule has 23 heavy (non-hydrogen) atoms. The Morgan fingerprint density at radius 3 is 2.52 bits per heavy atom. The van der Waals surface area contributed by atoms with Gasteiger partial charge >= 0.3 is 0 Å². The van der Waals surface area contributed by atoms with Crippen molar-refractivity contribution in [1.82, 2.24) is 24.2 Å².